The first-order valence-corrected chi connectivity index (χ1v) is 7.47. The first kappa shape index (κ1) is 18.5. The van der Waals surface area contributed by atoms with E-state index in [0.29, 0.717) is 6.54 Å². The van der Waals surface area contributed by atoms with Crippen molar-refractivity contribution in [1.29, 1.82) is 0 Å². The predicted molar refractivity (Wildman–Crippen MR) is 102 cm³/mol. The Hall–Kier alpha value is -1.50. The number of nitrogens with zero attached hydrogens (tertiary/aromatic N) is 1. The van der Waals surface area contributed by atoms with Crippen molar-refractivity contribution in [1.82, 2.24) is 10.6 Å². The van der Waals surface area contributed by atoms with Crippen molar-refractivity contribution in [3.8, 4) is 0 Å². The van der Waals surface area contributed by atoms with Gasteiger partial charge in [-0.25, -0.2) is 4.99 Å². The fraction of sp³-hybridized carbons (Fsp3) is 0.353. The van der Waals surface area contributed by atoms with Gasteiger partial charge in [0.15, 0.2) is 5.96 Å². The zero-order valence-electron chi connectivity index (χ0n) is 12.9. The summed E-state index contributed by atoms with van der Waals surface area (Å²) in [4.78, 5) is 4.50. The minimum Gasteiger partial charge on any atom is -0.467 e. The summed E-state index contributed by atoms with van der Waals surface area (Å²) in [7, 11) is 0. The van der Waals surface area contributed by atoms with Crippen molar-refractivity contribution < 1.29 is 4.42 Å². The van der Waals surface area contributed by atoms with Crippen LogP contribution in [0.15, 0.2) is 58.1 Å². The fourth-order valence-corrected chi connectivity index (χ4v) is 2.05. The predicted octanol–water partition coefficient (Wildman–Crippen LogP) is 3.59. The SMILES string of the molecule is CCNC(=NCc1ccco1)NCCCc1ccccc1.I. The van der Waals surface area contributed by atoms with Crippen LogP contribution in [0.2, 0.25) is 0 Å². The van der Waals surface area contributed by atoms with Crippen LogP contribution in [-0.4, -0.2) is 19.0 Å². The Kier molecular flexibility index (Phi) is 9.37. The Balaban J connectivity index is 0.00000242. The number of nitrogens with one attached hydrogen (secondary N) is 2. The summed E-state index contributed by atoms with van der Waals surface area (Å²) < 4.78 is 5.28. The minimum absolute atomic E-state index is 0. The second-order valence-electron chi connectivity index (χ2n) is 4.79. The van der Waals surface area contributed by atoms with Gasteiger partial charge in [-0.2, -0.15) is 0 Å². The maximum Gasteiger partial charge on any atom is 0.191 e. The van der Waals surface area contributed by atoms with Crippen molar-refractivity contribution in [2.45, 2.75) is 26.3 Å². The maximum absolute atomic E-state index is 5.28. The molecule has 0 saturated heterocycles. The van der Waals surface area contributed by atoms with Gasteiger partial charge in [-0.3, -0.25) is 0 Å². The van der Waals surface area contributed by atoms with E-state index in [0.717, 1.165) is 37.7 Å². The molecule has 1 aromatic carbocycles. The van der Waals surface area contributed by atoms with Crippen LogP contribution >= 0.6 is 24.0 Å². The largest absolute Gasteiger partial charge is 0.467 e. The number of furan rings is 1. The van der Waals surface area contributed by atoms with Gasteiger partial charge < -0.3 is 15.1 Å². The number of aryl methyl sites for hydroxylation is 1. The van der Waals surface area contributed by atoms with E-state index in [1.165, 1.54) is 5.56 Å². The van der Waals surface area contributed by atoms with Crippen molar-refractivity contribution in [2.24, 2.45) is 4.99 Å². The molecule has 1 heterocycles. The third-order valence-corrected chi connectivity index (χ3v) is 3.09. The zero-order chi connectivity index (χ0) is 14.8. The molecule has 0 fully saturated rings. The van der Waals surface area contributed by atoms with Crippen LogP contribution < -0.4 is 10.6 Å². The Morgan fingerprint density at radius 2 is 1.91 bits per heavy atom. The van der Waals surface area contributed by atoms with E-state index in [1.54, 1.807) is 6.26 Å². The Bertz CT molecular complexity index is 526. The topological polar surface area (TPSA) is 49.6 Å². The summed E-state index contributed by atoms with van der Waals surface area (Å²) in [6.07, 6.45) is 3.83. The van der Waals surface area contributed by atoms with Gasteiger partial charge in [-0.1, -0.05) is 30.3 Å². The van der Waals surface area contributed by atoms with Crippen molar-refractivity contribution in [3.63, 3.8) is 0 Å². The molecule has 2 N–H and O–H groups in total. The van der Waals surface area contributed by atoms with E-state index in [-0.39, 0.29) is 24.0 Å². The molecule has 0 aliphatic rings. The monoisotopic (exact) mass is 413 g/mol. The number of rotatable bonds is 7. The van der Waals surface area contributed by atoms with Gasteiger partial charge in [-0.05, 0) is 37.5 Å². The number of guanidine groups is 1. The van der Waals surface area contributed by atoms with Crippen LogP contribution in [-0.2, 0) is 13.0 Å². The van der Waals surface area contributed by atoms with Crippen LogP contribution in [0.25, 0.3) is 0 Å². The molecule has 2 aromatic rings. The lowest BCUT2D eigenvalue weighted by molar-refractivity contribution is 0.512. The van der Waals surface area contributed by atoms with Gasteiger partial charge in [0.25, 0.3) is 0 Å². The molecule has 0 aliphatic heterocycles. The van der Waals surface area contributed by atoms with Gasteiger partial charge in [0.05, 0.1) is 6.26 Å². The third kappa shape index (κ3) is 6.98. The number of hydrogen-bond donors (Lipinski definition) is 2. The minimum atomic E-state index is 0. The van der Waals surface area contributed by atoms with Crippen molar-refractivity contribution in [3.05, 3.63) is 60.1 Å². The smallest absolute Gasteiger partial charge is 0.191 e. The molecule has 5 heteroatoms. The molecule has 120 valence electrons. The summed E-state index contributed by atoms with van der Waals surface area (Å²) in [5.74, 6) is 1.71. The van der Waals surface area contributed by atoms with E-state index >= 15 is 0 Å². The Labute approximate surface area is 149 Å². The van der Waals surface area contributed by atoms with Crippen molar-refractivity contribution in [2.75, 3.05) is 13.1 Å². The summed E-state index contributed by atoms with van der Waals surface area (Å²) in [6.45, 7) is 4.37. The van der Waals surface area contributed by atoms with Gasteiger partial charge in [0, 0.05) is 13.1 Å². The first-order chi connectivity index (χ1) is 10.4. The highest BCUT2D eigenvalue weighted by atomic mass is 127. The Morgan fingerprint density at radius 3 is 2.59 bits per heavy atom. The second-order valence-corrected chi connectivity index (χ2v) is 4.79. The molecule has 2 rings (SSSR count). The highest BCUT2D eigenvalue weighted by Gasteiger charge is 1.99. The van der Waals surface area contributed by atoms with E-state index in [4.69, 9.17) is 4.42 Å². The van der Waals surface area contributed by atoms with Crippen LogP contribution in [0, 0.1) is 0 Å². The molecule has 0 aliphatic carbocycles. The highest BCUT2D eigenvalue weighted by Crippen LogP contribution is 2.02. The molecule has 4 nitrogen and oxygen atoms in total. The normalized spacial score (nSPS) is 10.9. The van der Waals surface area contributed by atoms with Crippen LogP contribution in [0.4, 0.5) is 0 Å². The van der Waals surface area contributed by atoms with Gasteiger partial charge in [0.2, 0.25) is 0 Å². The standard InChI is InChI=1S/C17H23N3O.HI/c1-2-18-17(20-14-16-11-7-13-21-16)19-12-6-10-15-8-4-3-5-9-15;/h3-5,7-9,11,13H,2,6,10,12,14H2,1H3,(H2,18,19,20);1H. The highest BCUT2D eigenvalue weighted by molar-refractivity contribution is 14.0. The molecule has 0 radical (unpaired) electrons. The molecule has 0 saturated carbocycles. The molecule has 0 atom stereocenters. The average Bonchev–Trinajstić information content (AvgIpc) is 3.03. The molecule has 0 bridgehead atoms. The van der Waals surface area contributed by atoms with E-state index in [9.17, 15) is 0 Å². The first-order valence-electron chi connectivity index (χ1n) is 7.47. The van der Waals surface area contributed by atoms with Gasteiger partial charge in [-0.15, -0.1) is 24.0 Å². The molecule has 0 spiro atoms. The van der Waals surface area contributed by atoms with Gasteiger partial charge in [0.1, 0.15) is 12.3 Å². The summed E-state index contributed by atoms with van der Waals surface area (Å²) in [5, 5.41) is 6.59. The zero-order valence-corrected chi connectivity index (χ0v) is 15.2. The van der Waals surface area contributed by atoms with Crippen molar-refractivity contribution >= 4 is 29.9 Å². The fourth-order valence-electron chi connectivity index (χ4n) is 2.05. The van der Waals surface area contributed by atoms with E-state index in [1.807, 2.05) is 18.2 Å². The van der Waals surface area contributed by atoms with E-state index in [2.05, 4.69) is 46.8 Å². The molecule has 0 unspecified atom stereocenters. The third-order valence-electron chi connectivity index (χ3n) is 3.09. The Morgan fingerprint density at radius 1 is 1.09 bits per heavy atom. The number of benzene rings is 1. The average molecular weight is 413 g/mol. The molecule has 1 aromatic heterocycles. The quantitative estimate of drug-likeness (QED) is 0.316. The summed E-state index contributed by atoms with van der Waals surface area (Å²) in [6, 6.07) is 14.3. The summed E-state index contributed by atoms with van der Waals surface area (Å²) >= 11 is 0. The lowest BCUT2D eigenvalue weighted by Crippen LogP contribution is -2.37. The molecule has 0 amide bonds. The van der Waals surface area contributed by atoms with Crippen LogP contribution in [0.5, 0.6) is 0 Å². The van der Waals surface area contributed by atoms with Gasteiger partial charge >= 0.3 is 0 Å². The van der Waals surface area contributed by atoms with E-state index < -0.39 is 0 Å². The van der Waals surface area contributed by atoms with Crippen LogP contribution in [0.3, 0.4) is 0 Å². The summed E-state index contributed by atoms with van der Waals surface area (Å²) in [5.41, 5.74) is 1.37. The second kappa shape index (κ2) is 11.1. The number of halogens is 1. The lowest BCUT2D eigenvalue weighted by Gasteiger charge is -2.10. The molecule has 22 heavy (non-hydrogen) atoms. The number of aliphatic imine (C=N–C) groups is 1. The maximum atomic E-state index is 5.28. The molecular weight excluding hydrogens is 389 g/mol. The molecular formula is C17H24IN3O. The number of hydrogen-bond acceptors (Lipinski definition) is 2. The lowest BCUT2D eigenvalue weighted by atomic mass is 10.1. The van der Waals surface area contributed by atoms with Crippen LogP contribution in [0.1, 0.15) is 24.7 Å².